The highest BCUT2D eigenvalue weighted by Gasteiger charge is 2.37. The van der Waals surface area contributed by atoms with Gasteiger partial charge in [-0.05, 0) is 19.9 Å². The fourth-order valence-corrected chi connectivity index (χ4v) is 1.33. The Morgan fingerprint density at radius 3 is 2.30 bits per heavy atom. The lowest BCUT2D eigenvalue weighted by atomic mass is 10.0. The number of rotatable bonds is 1. The minimum atomic E-state index is -0.0139. The van der Waals surface area contributed by atoms with Gasteiger partial charge in [0.1, 0.15) is 5.72 Å². The molecule has 0 spiro atoms. The van der Waals surface area contributed by atoms with Crippen LogP contribution >= 0.6 is 0 Å². The summed E-state index contributed by atoms with van der Waals surface area (Å²) < 4.78 is 5.64. The van der Waals surface area contributed by atoms with E-state index in [0.29, 0.717) is 5.92 Å². The molecule has 1 aliphatic heterocycles. The second-order valence-electron chi connectivity index (χ2n) is 3.48. The SMILES string of the molecule is CC(C)C1(C)OCCN1C. The third-order valence-electron chi connectivity index (χ3n) is 2.65. The van der Waals surface area contributed by atoms with Gasteiger partial charge in [-0.3, -0.25) is 4.90 Å². The zero-order valence-electron chi connectivity index (χ0n) is 7.35. The molecule has 1 unspecified atom stereocenters. The van der Waals surface area contributed by atoms with Crippen molar-refractivity contribution in [3.8, 4) is 0 Å². The average Bonchev–Trinajstić information content (AvgIpc) is 2.15. The van der Waals surface area contributed by atoms with Gasteiger partial charge in [-0.15, -0.1) is 0 Å². The molecule has 0 amide bonds. The predicted octanol–water partition coefficient (Wildman–Crippen LogP) is 1.32. The molecule has 0 N–H and O–H groups in total. The monoisotopic (exact) mass is 143 g/mol. The van der Waals surface area contributed by atoms with Crippen LogP contribution < -0.4 is 0 Å². The van der Waals surface area contributed by atoms with Gasteiger partial charge in [0.05, 0.1) is 6.61 Å². The molecule has 1 fully saturated rings. The van der Waals surface area contributed by atoms with Crippen LogP contribution in [0.4, 0.5) is 0 Å². The first-order chi connectivity index (χ1) is 4.57. The van der Waals surface area contributed by atoms with Crippen LogP contribution in [0.1, 0.15) is 20.8 Å². The molecule has 0 aromatic carbocycles. The van der Waals surface area contributed by atoms with Gasteiger partial charge in [0, 0.05) is 6.54 Å². The van der Waals surface area contributed by atoms with Gasteiger partial charge >= 0.3 is 0 Å². The van der Waals surface area contributed by atoms with Crippen molar-refractivity contribution in [3.63, 3.8) is 0 Å². The molecule has 0 aromatic rings. The lowest BCUT2D eigenvalue weighted by Crippen LogP contribution is -2.44. The normalized spacial score (nSPS) is 35.7. The van der Waals surface area contributed by atoms with Crippen LogP contribution in [0.5, 0.6) is 0 Å². The van der Waals surface area contributed by atoms with Crippen LogP contribution in [-0.4, -0.2) is 30.8 Å². The van der Waals surface area contributed by atoms with Gasteiger partial charge in [-0.2, -0.15) is 0 Å². The van der Waals surface area contributed by atoms with Crippen molar-refractivity contribution < 1.29 is 4.74 Å². The fourth-order valence-electron chi connectivity index (χ4n) is 1.33. The summed E-state index contributed by atoms with van der Waals surface area (Å²) in [7, 11) is 2.12. The van der Waals surface area contributed by atoms with E-state index in [1.54, 1.807) is 0 Å². The third kappa shape index (κ3) is 1.06. The van der Waals surface area contributed by atoms with E-state index in [-0.39, 0.29) is 5.72 Å². The first-order valence-corrected chi connectivity index (χ1v) is 3.92. The van der Waals surface area contributed by atoms with E-state index in [4.69, 9.17) is 4.74 Å². The number of hydrogen-bond acceptors (Lipinski definition) is 2. The highest BCUT2D eigenvalue weighted by molar-refractivity contribution is 4.82. The molecule has 1 heterocycles. The summed E-state index contributed by atoms with van der Waals surface area (Å²) in [5.41, 5.74) is -0.0139. The number of hydrogen-bond donors (Lipinski definition) is 0. The Kier molecular flexibility index (Phi) is 2.02. The molecular formula is C8H17NO. The van der Waals surface area contributed by atoms with Crippen LogP contribution in [0.15, 0.2) is 0 Å². The van der Waals surface area contributed by atoms with Crippen molar-refractivity contribution in [2.75, 3.05) is 20.2 Å². The smallest absolute Gasteiger partial charge is 0.121 e. The summed E-state index contributed by atoms with van der Waals surface area (Å²) >= 11 is 0. The average molecular weight is 143 g/mol. The van der Waals surface area contributed by atoms with Crippen LogP contribution in [0.3, 0.4) is 0 Å². The number of nitrogens with zero attached hydrogens (tertiary/aromatic N) is 1. The number of ether oxygens (including phenoxy) is 1. The van der Waals surface area contributed by atoms with Gasteiger partial charge in [0.15, 0.2) is 0 Å². The van der Waals surface area contributed by atoms with Crippen LogP contribution in [0, 0.1) is 5.92 Å². The summed E-state index contributed by atoms with van der Waals surface area (Å²) in [4.78, 5) is 2.28. The highest BCUT2D eigenvalue weighted by atomic mass is 16.5. The van der Waals surface area contributed by atoms with Gasteiger partial charge in [-0.25, -0.2) is 0 Å². The zero-order valence-corrected chi connectivity index (χ0v) is 7.35. The molecule has 0 aliphatic carbocycles. The maximum absolute atomic E-state index is 5.64. The van der Waals surface area contributed by atoms with Gasteiger partial charge in [0.2, 0.25) is 0 Å². The largest absolute Gasteiger partial charge is 0.359 e. The summed E-state index contributed by atoms with van der Waals surface area (Å²) in [5.74, 6) is 0.569. The van der Waals surface area contributed by atoms with Crippen molar-refractivity contribution in [2.45, 2.75) is 26.5 Å². The van der Waals surface area contributed by atoms with Crippen molar-refractivity contribution in [2.24, 2.45) is 5.92 Å². The third-order valence-corrected chi connectivity index (χ3v) is 2.65. The van der Waals surface area contributed by atoms with Crippen LogP contribution in [0.25, 0.3) is 0 Å². The van der Waals surface area contributed by atoms with E-state index in [2.05, 4.69) is 32.7 Å². The minimum absolute atomic E-state index is 0.0139. The molecule has 0 radical (unpaired) electrons. The Balaban J connectivity index is 2.66. The van der Waals surface area contributed by atoms with Gasteiger partial charge in [-0.1, -0.05) is 13.8 Å². The summed E-state index contributed by atoms with van der Waals surface area (Å²) in [6.45, 7) is 8.49. The van der Waals surface area contributed by atoms with E-state index in [0.717, 1.165) is 13.2 Å². The first-order valence-electron chi connectivity index (χ1n) is 3.92. The molecule has 1 saturated heterocycles. The fraction of sp³-hybridized carbons (Fsp3) is 1.00. The first kappa shape index (κ1) is 8.02. The standard InChI is InChI=1S/C8H17NO/c1-7(2)8(3)9(4)5-6-10-8/h7H,5-6H2,1-4H3. The molecule has 0 aromatic heterocycles. The van der Waals surface area contributed by atoms with Crippen molar-refractivity contribution >= 4 is 0 Å². The Morgan fingerprint density at radius 2 is 2.10 bits per heavy atom. The lowest BCUT2D eigenvalue weighted by Gasteiger charge is -2.34. The topological polar surface area (TPSA) is 12.5 Å². The lowest BCUT2D eigenvalue weighted by molar-refractivity contribution is -0.0914. The quantitative estimate of drug-likeness (QED) is 0.549. The minimum Gasteiger partial charge on any atom is -0.359 e. The summed E-state index contributed by atoms with van der Waals surface area (Å²) in [6, 6.07) is 0. The maximum Gasteiger partial charge on any atom is 0.121 e. The van der Waals surface area contributed by atoms with Crippen molar-refractivity contribution in [1.82, 2.24) is 4.90 Å². The molecule has 2 nitrogen and oxygen atoms in total. The maximum atomic E-state index is 5.64. The van der Waals surface area contributed by atoms with Crippen molar-refractivity contribution in [1.29, 1.82) is 0 Å². The van der Waals surface area contributed by atoms with E-state index < -0.39 is 0 Å². The van der Waals surface area contributed by atoms with Crippen LogP contribution in [-0.2, 0) is 4.74 Å². The molecule has 10 heavy (non-hydrogen) atoms. The summed E-state index contributed by atoms with van der Waals surface area (Å²) in [5, 5.41) is 0. The second kappa shape index (κ2) is 2.51. The Labute approximate surface area is 63.2 Å². The highest BCUT2D eigenvalue weighted by Crippen LogP contribution is 2.28. The van der Waals surface area contributed by atoms with E-state index >= 15 is 0 Å². The van der Waals surface area contributed by atoms with E-state index in [1.165, 1.54) is 0 Å². The molecule has 0 bridgehead atoms. The van der Waals surface area contributed by atoms with Crippen molar-refractivity contribution in [3.05, 3.63) is 0 Å². The second-order valence-corrected chi connectivity index (χ2v) is 3.48. The Morgan fingerprint density at radius 1 is 1.50 bits per heavy atom. The van der Waals surface area contributed by atoms with Gasteiger partial charge < -0.3 is 4.74 Å². The van der Waals surface area contributed by atoms with E-state index in [9.17, 15) is 0 Å². The molecule has 0 saturated carbocycles. The molecule has 1 atom stereocenters. The van der Waals surface area contributed by atoms with Gasteiger partial charge in [0.25, 0.3) is 0 Å². The molecule has 1 rings (SSSR count). The summed E-state index contributed by atoms with van der Waals surface area (Å²) in [6.07, 6.45) is 0. The zero-order chi connectivity index (χ0) is 7.78. The van der Waals surface area contributed by atoms with E-state index in [1.807, 2.05) is 0 Å². The molecule has 2 heteroatoms. The van der Waals surface area contributed by atoms with Crippen LogP contribution in [0.2, 0.25) is 0 Å². The Bertz CT molecular complexity index is 124. The Hall–Kier alpha value is -0.0800. The molecule has 60 valence electrons. The molecular weight excluding hydrogens is 126 g/mol. The predicted molar refractivity (Wildman–Crippen MR) is 41.8 cm³/mol. The molecule has 1 aliphatic rings. The number of likely N-dealkylation sites (N-methyl/N-ethyl adjacent to an activating group) is 1.